The molecule has 0 bridgehead atoms. The van der Waals surface area contributed by atoms with Crippen LogP contribution in [0.3, 0.4) is 0 Å². The largest absolute Gasteiger partial charge is 0.455 e. The molecular formula is C11H15N4O5+. The Labute approximate surface area is 112 Å². The zero-order chi connectivity index (χ0) is 14.3. The zero-order valence-corrected chi connectivity index (χ0v) is 10.7. The fourth-order valence-corrected chi connectivity index (χ4v) is 2.36. The molecule has 3 heterocycles. The van der Waals surface area contributed by atoms with Crippen LogP contribution in [0.15, 0.2) is 11.1 Å². The van der Waals surface area contributed by atoms with E-state index in [2.05, 4.69) is 15.0 Å². The summed E-state index contributed by atoms with van der Waals surface area (Å²) in [6.45, 7) is -0.319. The highest BCUT2D eigenvalue weighted by Gasteiger charge is 2.37. The predicted molar refractivity (Wildman–Crippen MR) is 65.1 cm³/mol. The summed E-state index contributed by atoms with van der Waals surface area (Å²) in [6.07, 6.45) is -0.622. The van der Waals surface area contributed by atoms with E-state index < -0.39 is 18.4 Å². The number of rotatable bonds is 3. The summed E-state index contributed by atoms with van der Waals surface area (Å²) in [5.41, 5.74) is 0.292. The lowest BCUT2D eigenvalue weighted by Gasteiger charge is -2.15. The summed E-state index contributed by atoms with van der Waals surface area (Å²) in [4.78, 5) is 22.1. The van der Waals surface area contributed by atoms with Gasteiger partial charge in [-0.1, -0.05) is 0 Å². The number of methoxy groups -OCH3 is 1. The van der Waals surface area contributed by atoms with Gasteiger partial charge in [0.05, 0.1) is 19.8 Å². The first kappa shape index (κ1) is 13.0. The molecule has 1 aliphatic heterocycles. The number of ether oxygens (including phenoxy) is 2. The van der Waals surface area contributed by atoms with E-state index in [0.29, 0.717) is 5.65 Å². The van der Waals surface area contributed by atoms with Crippen molar-refractivity contribution in [2.24, 2.45) is 0 Å². The quantitative estimate of drug-likeness (QED) is 0.610. The molecular weight excluding hydrogens is 268 g/mol. The minimum Gasteiger partial charge on any atom is -0.455 e. The van der Waals surface area contributed by atoms with E-state index in [-0.39, 0.29) is 30.1 Å². The molecule has 0 spiro atoms. The molecule has 3 rings (SSSR count). The fraction of sp³-hybridized carbons (Fsp3) is 0.545. The van der Waals surface area contributed by atoms with Crippen molar-refractivity contribution in [3.05, 3.63) is 16.7 Å². The maximum atomic E-state index is 12.4. The molecule has 20 heavy (non-hydrogen) atoms. The van der Waals surface area contributed by atoms with Crippen LogP contribution in [0.25, 0.3) is 11.2 Å². The van der Waals surface area contributed by atoms with E-state index in [9.17, 15) is 9.90 Å². The van der Waals surface area contributed by atoms with Gasteiger partial charge in [-0.05, 0) is 4.98 Å². The van der Waals surface area contributed by atoms with E-state index in [0.717, 1.165) is 0 Å². The number of fused-ring (bicyclic) bond motifs is 1. The molecule has 2 aromatic heterocycles. The van der Waals surface area contributed by atoms with Gasteiger partial charge in [0.2, 0.25) is 5.52 Å². The maximum absolute atomic E-state index is 12.4. The molecule has 1 aliphatic rings. The normalized spacial score (nSPS) is 26.2. The Bertz CT molecular complexity index is 681. The second kappa shape index (κ2) is 4.85. The van der Waals surface area contributed by atoms with Gasteiger partial charge in [0.25, 0.3) is 0 Å². The number of nitrogens with zero attached hydrogens (tertiary/aromatic N) is 2. The molecule has 1 unspecified atom stereocenters. The molecule has 0 saturated carbocycles. The van der Waals surface area contributed by atoms with Crippen LogP contribution in [0, 0.1) is 0 Å². The Balaban J connectivity index is 2.11. The van der Waals surface area contributed by atoms with Crippen molar-refractivity contribution in [2.45, 2.75) is 24.9 Å². The molecule has 0 aliphatic carbocycles. The van der Waals surface area contributed by atoms with Crippen molar-refractivity contribution in [1.29, 1.82) is 0 Å². The number of H-pyrrole nitrogens is 2. The number of aliphatic hydroxyl groups is 2. The number of aliphatic hydroxyl groups excluding tert-OH is 2. The molecule has 3 atom stereocenters. The molecule has 9 nitrogen and oxygen atoms in total. The first-order chi connectivity index (χ1) is 9.65. The summed E-state index contributed by atoms with van der Waals surface area (Å²) in [6, 6.07) is 0.0779. The van der Waals surface area contributed by atoms with Crippen molar-refractivity contribution >= 4 is 11.2 Å². The lowest BCUT2D eigenvalue weighted by Crippen LogP contribution is -2.28. The van der Waals surface area contributed by atoms with Gasteiger partial charge >= 0.3 is 17.2 Å². The Morgan fingerprint density at radius 2 is 2.50 bits per heavy atom. The number of hydrogen-bond acceptors (Lipinski definition) is 6. The molecule has 0 radical (unpaired) electrons. The van der Waals surface area contributed by atoms with Gasteiger partial charge in [-0.25, -0.2) is 9.55 Å². The van der Waals surface area contributed by atoms with Crippen molar-refractivity contribution in [3.8, 4) is 6.01 Å². The Morgan fingerprint density at radius 3 is 3.15 bits per heavy atom. The molecule has 1 fully saturated rings. The van der Waals surface area contributed by atoms with Gasteiger partial charge in [0.15, 0.2) is 6.33 Å². The SMILES string of the molecule is COc1nc2[nH+]c[nH]c2c(=O)n1C1C[C@H](O)[C@@H](CO)O1. The minimum atomic E-state index is -0.840. The van der Waals surface area contributed by atoms with Crippen molar-refractivity contribution in [3.63, 3.8) is 0 Å². The van der Waals surface area contributed by atoms with Gasteiger partial charge in [0.1, 0.15) is 12.3 Å². The van der Waals surface area contributed by atoms with Crippen LogP contribution in [-0.2, 0) is 4.74 Å². The third-order valence-electron chi connectivity index (χ3n) is 3.36. The molecule has 0 amide bonds. The average Bonchev–Trinajstić information content (AvgIpc) is 3.04. The van der Waals surface area contributed by atoms with Crippen LogP contribution in [0.2, 0.25) is 0 Å². The molecule has 2 aromatic rings. The minimum absolute atomic E-state index is 0.0779. The average molecular weight is 283 g/mol. The summed E-state index contributed by atoms with van der Waals surface area (Å²) in [5.74, 6) is 0. The summed E-state index contributed by atoms with van der Waals surface area (Å²) >= 11 is 0. The van der Waals surface area contributed by atoms with Crippen molar-refractivity contribution in [2.75, 3.05) is 13.7 Å². The first-order valence-electron chi connectivity index (χ1n) is 6.15. The number of aromatic nitrogens is 4. The molecule has 108 valence electrons. The Hall–Kier alpha value is -1.97. The second-order valence-corrected chi connectivity index (χ2v) is 4.55. The highest BCUT2D eigenvalue weighted by molar-refractivity contribution is 5.64. The van der Waals surface area contributed by atoms with Gasteiger partial charge in [-0.3, -0.25) is 9.78 Å². The van der Waals surface area contributed by atoms with E-state index in [1.54, 1.807) is 0 Å². The summed E-state index contributed by atoms with van der Waals surface area (Å²) in [5, 5.41) is 18.9. The third kappa shape index (κ3) is 1.87. The van der Waals surface area contributed by atoms with Gasteiger partial charge in [-0.2, -0.15) is 0 Å². The first-order valence-corrected chi connectivity index (χ1v) is 6.15. The standard InChI is InChI=1S/C11H14N4O5/c1-19-11-14-9-8(12-4-13-9)10(18)15(11)7-2-5(17)6(3-16)20-7/h4-7,16-17H,2-3H2,1H3,(H,12,13)/p+1/t5-,6+,7?/m0/s1. The zero-order valence-electron chi connectivity index (χ0n) is 10.7. The lowest BCUT2D eigenvalue weighted by atomic mass is 10.2. The maximum Gasteiger partial charge on any atom is 0.380 e. The van der Waals surface area contributed by atoms with Crippen molar-refractivity contribution < 1.29 is 24.7 Å². The van der Waals surface area contributed by atoms with E-state index in [1.807, 2.05) is 0 Å². The monoisotopic (exact) mass is 283 g/mol. The molecule has 0 aromatic carbocycles. The van der Waals surface area contributed by atoms with Gasteiger partial charge in [0, 0.05) is 6.42 Å². The summed E-state index contributed by atoms with van der Waals surface area (Å²) < 4.78 is 11.8. The topological polar surface area (TPSA) is 124 Å². The van der Waals surface area contributed by atoms with Crippen LogP contribution in [0.1, 0.15) is 12.6 Å². The van der Waals surface area contributed by atoms with Gasteiger partial charge in [-0.15, -0.1) is 0 Å². The van der Waals surface area contributed by atoms with E-state index >= 15 is 0 Å². The van der Waals surface area contributed by atoms with Crippen LogP contribution < -0.4 is 15.3 Å². The van der Waals surface area contributed by atoms with E-state index in [1.165, 1.54) is 18.0 Å². The van der Waals surface area contributed by atoms with Gasteiger partial charge < -0.3 is 19.7 Å². The Kier molecular flexibility index (Phi) is 3.16. The second-order valence-electron chi connectivity index (χ2n) is 4.55. The molecule has 4 N–H and O–H groups in total. The Morgan fingerprint density at radius 1 is 1.70 bits per heavy atom. The lowest BCUT2D eigenvalue weighted by molar-refractivity contribution is -0.347. The van der Waals surface area contributed by atoms with Crippen molar-refractivity contribution in [1.82, 2.24) is 14.5 Å². The highest BCUT2D eigenvalue weighted by Crippen LogP contribution is 2.30. The van der Waals surface area contributed by atoms with Crippen LogP contribution >= 0.6 is 0 Å². The number of imidazole rings is 1. The number of nitrogens with one attached hydrogen (secondary N) is 2. The number of hydrogen-bond donors (Lipinski definition) is 3. The fourth-order valence-electron chi connectivity index (χ4n) is 2.36. The number of aromatic amines is 2. The molecule has 1 saturated heterocycles. The van der Waals surface area contributed by atoms with Crippen LogP contribution in [0.4, 0.5) is 0 Å². The molecule has 9 heteroatoms. The van der Waals surface area contributed by atoms with Crippen LogP contribution in [0.5, 0.6) is 6.01 Å². The highest BCUT2D eigenvalue weighted by atomic mass is 16.6. The van der Waals surface area contributed by atoms with E-state index in [4.69, 9.17) is 14.6 Å². The third-order valence-corrected chi connectivity index (χ3v) is 3.36. The smallest absolute Gasteiger partial charge is 0.380 e. The predicted octanol–water partition coefficient (Wildman–Crippen LogP) is -1.81. The summed E-state index contributed by atoms with van der Waals surface area (Å²) in [7, 11) is 1.39. The van der Waals surface area contributed by atoms with Crippen LogP contribution in [-0.4, -0.2) is 50.7 Å².